The monoisotopic (exact) mass is 357 g/mol. The predicted octanol–water partition coefficient (Wildman–Crippen LogP) is 3.98. The van der Waals surface area contributed by atoms with Crippen molar-refractivity contribution in [2.75, 3.05) is 13.1 Å². The molecule has 0 N–H and O–H groups in total. The fraction of sp³-hybridized carbons (Fsp3) is 0.400. The maximum atomic E-state index is 12.3. The van der Waals surface area contributed by atoms with Crippen molar-refractivity contribution < 1.29 is 12.7 Å². The van der Waals surface area contributed by atoms with Crippen LogP contribution in [0.5, 0.6) is 0 Å². The van der Waals surface area contributed by atoms with Gasteiger partial charge in [-0.05, 0) is 48.9 Å². The highest BCUT2D eigenvalue weighted by Gasteiger charge is 2.33. The zero-order chi connectivity index (χ0) is 17.4. The van der Waals surface area contributed by atoms with E-state index in [1.807, 2.05) is 6.92 Å². The molecule has 0 spiro atoms. The van der Waals surface area contributed by atoms with Crippen LogP contribution in [0.3, 0.4) is 0 Å². The number of rotatable bonds is 5. The van der Waals surface area contributed by atoms with E-state index in [0.717, 1.165) is 11.5 Å². The van der Waals surface area contributed by atoms with Crippen molar-refractivity contribution >= 4 is 10.1 Å². The van der Waals surface area contributed by atoms with Crippen molar-refractivity contribution in [2.24, 2.45) is 0 Å². The molecule has 4 nitrogen and oxygen atoms in total. The molecular weight excluding hydrogens is 334 g/mol. The molecule has 0 amide bonds. The Morgan fingerprint density at radius 1 is 0.880 bits per heavy atom. The molecule has 0 bridgehead atoms. The molecule has 0 atom stereocenters. The third kappa shape index (κ3) is 3.50. The van der Waals surface area contributed by atoms with Gasteiger partial charge in [-0.2, -0.15) is 17.8 Å². The molecule has 2 aromatic carbocycles. The van der Waals surface area contributed by atoms with Gasteiger partial charge < -0.3 is 0 Å². The molecule has 2 aromatic rings. The summed E-state index contributed by atoms with van der Waals surface area (Å²) in [6.45, 7) is 3.13. The Bertz CT molecular complexity index is 834. The Balaban J connectivity index is 1.34. The highest BCUT2D eigenvalue weighted by molar-refractivity contribution is 7.86. The highest BCUT2D eigenvalue weighted by atomic mass is 32.2. The van der Waals surface area contributed by atoms with Crippen molar-refractivity contribution in [3.05, 3.63) is 65.2 Å². The van der Waals surface area contributed by atoms with Gasteiger partial charge in [0.15, 0.2) is 0 Å². The van der Waals surface area contributed by atoms with Crippen LogP contribution < -0.4 is 0 Å². The van der Waals surface area contributed by atoms with Crippen molar-refractivity contribution in [3.63, 3.8) is 0 Å². The number of benzene rings is 2. The molecule has 0 unspecified atom stereocenters. The summed E-state index contributed by atoms with van der Waals surface area (Å²) in [6, 6.07) is 15.5. The summed E-state index contributed by atoms with van der Waals surface area (Å²) in [5.41, 5.74) is 3.72. The first kappa shape index (κ1) is 16.8. The topological polar surface area (TPSA) is 46.6 Å². The first-order valence-electron chi connectivity index (χ1n) is 8.87. The summed E-state index contributed by atoms with van der Waals surface area (Å²) in [4.78, 5) is 0.200. The summed E-state index contributed by atoms with van der Waals surface area (Å²) >= 11 is 0. The van der Waals surface area contributed by atoms with Gasteiger partial charge in [0.25, 0.3) is 0 Å². The van der Waals surface area contributed by atoms with Crippen LogP contribution in [-0.4, -0.2) is 26.6 Å². The summed E-state index contributed by atoms with van der Waals surface area (Å²) in [5.74, 6) is 1.08. The predicted molar refractivity (Wildman–Crippen MR) is 96.8 cm³/mol. The third-order valence-corrected chi connectivity index (χ3v) is 6.60. The van der Waals surface area contributed by atoms with Gasteiger partial charge in [-0.3, -0.25) is 0 Å². The fourth-order valence-electron chi connectivity index (χ4n) is 3.38. The van der Waals surface area contributed by atoms with E-state index in [9.17, 15) is 8.42 Å². The van der Waals surface area contributed by atoms with Crippen molar-refractivity contribution in [2.45, 2.75) is 42.9 Å². The second kappa shape index (κ2) is 6.56. The average molecular weight is 357 g/mol. The lowest BCUT2D eigenvalue weighted by molar-refractivity contribution is -0.114. The van der Waals surface area contributed by atoms with Crippen LogP contribution in [0.2, 0.25) is 0 Å². The number of hydrogen-bond acceptors (Lipinski definition) is 4. The first-order valence-corrected chi connectivity index (χ1v) is 10.3. The Morgan fingerprint density at radius 3 is 1.96 bits per heavy atom. The van der Waals surface area contributed by atoms with Gasteiger partial charge in [-0.1, -0.05) is 48.4 Å². The smallest absolute Gasteiger partial charge is 0.192 e. The molecule has 0 aromatic heterocycles. The normalized spacial score (nSPS) is 19.4. The van der Waals surface area contributed by atoms with Gasteiger partial charge in [0, 0.05) is 19.0 Å². The Labute approximate surface area is 149 Å². The summed E-state index contributed by atoms with van der Waals surface area (Å²) in [7, 11) is -3.73. The number of nitrogens with zero attached hydrogens (tertiary/aromatic N) is 1. The Hall–Kier alpha value is -1.69. The van der Waals surface area contributed by atoms with E-state index in [1.54, 1.807) is 24.3 Å². The summed E-state index contributed by atoms with van der Waals surface area (Å²) in [6.07, 6.45) is 3.96. The molecule has 1 saturated carbocycles. The standard InChI is InChI=1S/C20H23NO3S/c1-15-5-11-20(12-6-15)25(22,23)24-21-13-19(14-21)18-9-7-17(8-10-18)16-3-2-4-16/h5-12,16,19H,2-4,13-14H2,1H3. The van der Waals surface area contributed by atoms with Gasteiger partial charge in [0.2, 0.25) is 0 Å². The molecule has 1 saturated heterocycles. The van der Waals surface area contributed by atoms with E-state index < -0.39 is 10.1 Å². The molecular formula is C20H23NO3S. The van der Waals surface area contributed by atoms with Crippen molar-refractivity contribution in [1.82, 2.24) is 5.06 Å². The summed E-state index contributed by atoms with van der Waals surface area (Å²) < 4.78 is 29.8. The van der Waals surface area contributed by atoms with Crippen LogP contribution in [0.1, 0.15) is 47.8 Å². The lowest BCUT2D eigenvalue weighted by Crippen LogP contribution is -2.45. The Kier molecular flexibility index (Phi) is 4.40. The average Bonchev–Trinajstić information content (AvgIpc) is 2.50. The van der Waals surface area contributed by atoms with Crippen LogP contribution >= 0.6 is 0 Å². The maximum Gasteiger partial charge on any atom is 0.313 e. The van der Waals surface area contributed by atoms with E-state index in [-0.39, 0.29) is 4.90 Å². The SMILES string of the molecule is Cc1ccc(S(=O)(=O)ON2CC(c3ccc(C4CCC4)cc3)C2)cc1. The van der Waals surface area contributed by atoms with Crippen LogP contribution in [0.25, 0.3) is 0 Å². The van der Waals surface area contributed by atoms with Crippen molar-refractivity contribution in [1.29, 1.82) is 0 Å². The molecule has 4 rings (SSSR count). The molecule has 0 radical (unpaired) electrons. The van der Waals surface area contributed by atoms with Crippen LogP contribution in [-0.2, 0) is 14.4 Å². The van der Waals surface area contributed by atoms with Crippen LogP contribution in [0.15, 0.2) is 53.4 Å². The van der Waals surface area contributed by atoms with E-state index in [4.69, 9.17) is 4.28 Å². The highest BCUT2D eigenvalue weighted by Crippen LogP contribution is 2.37. The van der Waals surface area contributed by atoms with Crippen molar-refractivity contribution in [3.8, 4) is 0 Å². The molecule has 25 heavy (non-hydrogen) atoms. The number of aryl methyl sites for hydroxylation is 1. The maximum absolute atomic E-state index is 12.3. The van der Waals surface area contributed by atoms with Gasteiger partial charge >= 0.3 is 10.1 Å². The molecule has 1 aliphatic heterocycles. The lowest BCUT2D eigenvalue weighted by Gasteiger charge is -2.37. The zero-order valence-electron chi connectivity index (χ0n) is 14.4. The minimum absolute atomic E-state index is 0.200. The van der Waals surface area contributed by atoms with Crippen LogP contribution in [0.4, 0.5) is 0 Å². The van der Waals surface area contributed by atoms with E-state index in [0.29, 0.717) is 19.0 Å². The van der Waals surface area contributed by atoms with Gasteiger partial charge in [-0.15, -0.1) is 0 Å². The molecule has 5 heteroatoms. The molecule has 2 fully saturated rings. The van der Waals surface area contributed by atoms with E-state index in [2.05, 4.69) is 24.3 Å². The first-order chi connectivity index (χ1) is 12.0. The molecule has 132 valence electrons. The second-order valence-electron chi connectivity index (χ2n) is 7.18. The molecule has 1 aliphatic carbocycles. The lowest BCUT2D eigenvalue weighted by atomic mass is 9.79. The quantitative estimate of drug-likeness (QED) is 0.812. The molecule has 2 aliphatic rings. The fourth-order valence-corrected chi connectivity index (χ4v) is 4.33. The van der Waals surface area contributed by atoms with Crippen LogP contribution in [0, 0.1) is 6.92 Å². The van der Waals surface area contributed by atoms with Gasteiger partial charge in [-0.25, -0.2) is 0 Å². The second-order valence-corrected chi connectivity index (χ2v) is 8.71. The minimum Gasteiger partial charge on any atom is -0.192 e. The zero-order valence-corrected chi connectivity index (χ0v) is 15.2. The van der Waals surface area contributed by atoms with E-state index in [1.165, 1.54) is 35.5 Å². The number of hydroxylamine groups is 2. The summed E-state index contributed by atoms with van der Waals surface area (Å²) in [5, 5.41) is 1.53. The van der Waals surface area contributed by atoms with Gasteiger partial charge in [0.05, 0.1) is 4.90 Å². The minimum atomic E-state index is -3.73. The molecule has 1 heterocycles. The third-order valence-electron chi connectivity index (χ3n) is 5.35. The van der Waals surface area contributed by atoms with Gasteiger partial charge in [0.1, 0.15) is 0 Å². The van der Waals surface area contributed by atoms with E-state index >= 15 is 0 Å². The number of hydrogen-bond donors (Lipinski definition) is 0. The largest absolute Gasteiger partial charge is 0.313 e. The Morgan fingerprint density at radius 2 is 1.44 bits per heavy atom.